The third-order valence-corrected chi connectivity index (χ3v) is 10.3. The minimum absolute atomic E-state index is 0.112. The first-order chi connectivity index (χ1) is 26.9. The predicted molar refractivity (Wildman–Crippen MR) is 215 cm³/mol. The topological polar surface area (TPSA) is 216 Å². The number of rotatable bonds is 7. The number of nitrogens with one attached hydrogen (secondary N) is 2. The molecule has 0 spiro atoms. The molecule has 0 aliphatic rings. The van der Waals surface area contributed by atoms with E-state index in [2.05, 4.69) is 30.3 Å². The first-order valence-corrected chi connectivity index (χ1v) is 18.4. The second kappa shape index (κ2) is 18.3. The van der Waals surface area contributed by atoms with Gasteiger partial charge in [0.05, 0.1) is 52.8 Å². The Morgan fingerprint density at radius 1 is 0.964 bits per heavy atom. The number of benzene rings is 4. The van der Waals surface area contributed by atoms with Crippen LogP contribution in [0.1, 0.15) is 37.9 Å². The second-order valence-corrected chi connectivity index (χ2v) is 14.3. The number of carbonyl (C=O) groups is 2. The fourth-order valence-corrected chi connectivity index (χ4v) is 7.39. The van der Waals surface area contributed by atoms with Gasteiger partial charge in [-0.05, 0) is 67.4 Å². The number of carbonyl (C=O) groups excluding carboxylic acids is 1. The molecule has 0 unspecified atom stereocenters. The van der Waals surface area contributed by atoms with Gasteiger partial charge >= 0.3 is 12.0 Å². The minimum Gasteiger partial charge on any atom is -0.494 e. The average molecular weight is 831 g/mol. The Balaban J connectivity index is 0.000000176. The standard InChI is InChI=1S/C19H13ClN4O2S.C9H6ClNO2.C9H10N4O2S/c1-10-7-12(20)13(21-2)8-11(10)19-24-23-16(26-19)9-17-22-18-14(25-3)5-4-6-15(18)27-17;1-5-2-8(10)6(4-11)3-7(5)9(12)13;1-15-5-3-2-4-6-7(5)11-9(16-6)12-8(14)13-10/h4-8H,9H2,1,3H3;2-3H,1H3,(H,12,13);2-4H,10H2,1H3,(H2,11,12,13,14). The molecule has 0 bridgehead atoms. The Bertz CT molecular complexity index is 2670. The van der Waals surface area contributed by atoms with E-state index in [1.54, 1.807) is 44.6 Å². The number of anilines is 1. The number of aromatic carboxylic acids is 1. The van der Waals surface area contributed by atoms with E-state index in [-0.39, 0.29) is 16.1 Å². The van der Waals surface area contributed by atoms with Gasteiger partial charge in [-0.3, -0.25) is 10.7 Å². The molecule has 3 heterocycles. The van der Waals surface area contributed by atoms with Crippen molar-refractivity contribution in [2.24, 2.45) is 5.84 Å². The van der Waals surface area contributed by atoms with E-state index in [1.165, 1.54) is 23.5 Å². The van der Waals surface area contributed by atoms with Crippen LogP contribution in [0.5, 0.6) is 11.5 Å². The fraction of sp³-hybridized carbons (Fsp3) is 0.135. The number of carboxylic acids is 1. The van der Waals surface area contributed by atoms with Crippen LogP contribution >= 0.6 is 45.9 Å². The van der Waals surface area contributed by atoms with Crippen molar-refractivity contribution in [1.82, 2.24) is 25.6 Å². The molecule has 0 aliphatic heterocycles. The van der Waals surface area contributed by atoms with Gasteiger partial charge in [0.15, 0.2) is 5.13 Å². The third-order valence-electron chi connectivity index (χ3n) is 7.68. The molecular weight excluding hydrogens is 802 g/mol. The van der Waals surface area contributed by atoms with Gasteiger partial charge in [0.25, 0.3) is 0 Å². The summed E-state index contributed by atoms with van der Waals surface area (Å²) in [7, 11) is 3.21. The summed E-state index contributed by atoms with van der Waals surface area (Å²) in [4.78, 5) is 33.9. The number of nitrogens with zero attached hydrogens (tertiary/aromatic N) is 6. The van der Waals surface area contributed by atoms with E-state index in [9.17, 15) is 9.59 Å². The van der Waals surface area contributed by atoms with Crippen molar-refractivity contribution in [3.05, 3.63) is 115 Å². The summed E-state index contributed by atoms with van der Waals surface area (Å²) in [5, 5.41) is 30.1. The number of fused-ring (bicyclic) bond motifs is 2. The SMILES string of the molecule is COc1cccc2sc(NC(=O)NN)nc12.Cc1cc(Cl)c(C#N)cc1C(=O)O.[C-]#[N+]c1cc(-c2nnc(Cc3nc4c(OC)cccc4s3)o2)c(C)cc1Cl. The van der Waals surface area contributed by atoms with Crippen LogP contribution in [0.4, 0.5) is 15.6 Å². The van der Waals surface area contributed by atoms with Crippen LogP contribution in [-0.2, 0) is 6.42 Å². The van der Waals surface area contributed by atoms with Crippen molar-refractivity contribution in [2.75, 3.05) is 19.5 Å². The van der Waals surface area contributed by atoms with Crippen LogP contribution < -0.4 is 26.1 Å². The highest BCUT2D eigenvalue weighted by molar-refractivity contribution is 7.22. The number of thiazole rings is 2. The second-order valence-electron chi connectivity index (χ2n) is 11.3. The maximum Gasteiger partial charge on any atom is 0.335 e. The van der Waals surface area contributed by atoms with Crippen molar-refractivity contribution in [3.63, 3.8) is 0 Å². The Labute approximate surface area is 337 Å². The summed E-state index contributed by atoms with van der Waals surface area (Å²) in [6, 6.07) is 18.9. The number of para-hydroxylation sites is 2. The van der Waals surface area contributed by atoms with Crippen molar-refractivity contribution in [3.8, 4) is 29.0 Å². The molecular formula is C37H29Cl2N9O6S2. The number of hydrogen-bond acceptors (Lipinski definition) is 13. The number of aryl methyl sites for hydroxylation is 2. The number of nitrogens with two attached hydrogens (primary N) is 1. The number of ether oxygens (including phenoxy) is 2. The zero-order chi connectivity index (χ0) is 40.5. The molecule has 56 heavy (non-hydrogen) atoms. The summed E-state index contributed by atoms with van der Waals surface area (Å²) in [6.07, 6.45) is 0.428. The molecule has 0 atom stereocenters. The van der Waals surface area contributed by atoms with Crippen molar-refractivity contribution in [2.45, 2.75) is 20.3 Å². The largest absolute Gasteiger partial charge is 0.494 e. The number of urea groups is 1. The lowest BCUT2D eigenvalue weighted by Gasteiger charge is -2.03. The molecule has 2 amide bonds. The monoisotopic (exact) mass is 829 g/mol. The van der Waals surface area contributed by atoms with Gasteiger partial charge in [0.2, 0.25) is 17.5 Å². The highest BCUT2D eigenvalue weighted by atomic mass is 35.5. The molecule has 7 rings (SSSR count). The lowest BCUT2D eigenvalue weighted by Crippen LogP contribution is -2.34. The highest BCUT2D eigenvalue weighted by Crippen LogP contribution is 2.35. The third kappa shape index (κ3) is 9.47. The minimum atomic E-state index is -1.05. The number of carboxylic acid groups (broad SMARTS) is 1. The van der Waals surface area contributed by atoms with Gasteiger partial charge < -0.3 is 19.0 Å². The molecule has 0 saturated carbocycles. The molecule has 7 aromatic rings. The zero-order valence-electron chi connectivity index (χ0n) is 29.8. The molecule has 4 aromatic carbocycles. The quantitative estimate of drug-likeness (QED) is 0.0512. The Morgan fingerprint density at radius 2 is 1.61 bits per heavy atom. The molecule has 5 N–H and O–H groups in total. The maximum atomic E-state index is 11.0. The fourth-order valence-electron chi connectivity index (χ4n) is 5.01. The maximum absolute atomic E-state index is 11.0. The van der Waals surface area contributed by atoms with Gasteiger partial charge in [0, 0.05) is 10.6 Å². The number of aromatic nitrogens is 4. The predicted octanol–water partition coefficient (Wildman–Crippen LogP) is 8.98. The van der Waals surface area contributed by atoms with Crippen LogP contribution in [0.3, 0.4) is 0 Å². The van der Waals surface area contributed by atoms with Gasteiger partial charge in [-0.25, -0.2) is 30.2 Å². The Morgan fingerprint density at radius 3 is 2.21 bits per heavy atom. The molecule has 15 nitrogen and oxygen atoms in total. The number of methoxy groups -OCH3 is 2. The summed E-state index contributed by atoms with van der Waals surface area (Å²) in [5.41, 5.74) is 6.30. The molecule has 0 fully saturated rings. The molecule has 284 valence electrons. The molecule has 19 heteroatoms. The van der Waals surface area contributed by atoms with Gasteiger partial charge in [-0.1, -0.05) is 52.7 Å². The van der Waals surface area contributed by atoms with Crippen molar-refractivity contribution >= 4 is 89.1 Å². The van der Waals surface area contributed by atoms with Crippen molar-refractivity contribution in [1.29, 1.82) is 5.26 Å². The average Bonchev–Trinajstić information content (AvgIpc) is 3.93. The van der Waals surface area contributed by atoms with Crippen LogP contribution in [0.2, 0.25) is 10.0 Å². The van der Waals surface area contributed by atoms with E-state index in [0.29, 0.717) is 50.9 Å². The summed E-state index contributed by atoms with van der Waals surface area (Å²) in [6.45, 7) is 10.7. The molecule has 3 aromatic heterocycles. The number of amides is 2. The Hall–Kier alpha value is -6.34. The molecule has 0 aliphatic carbocycles. The van der Waals surface area contributed by atoms with E-state index in [0.717, 1.165) is 36.8 Å². The van der Waals surface area contributed by atoms with Crippen LogP contribution in [-0.4, -0.2) is 51.5 Å². The van der Waals surface area contributed by atoms with E-state index in [4.69, 9.17) is 59.9 Å². The Kier molecular flexibility index (Phi) is 13.4. The van der Waals surface area contributed by atoms with Crippen LogP contribution in [0.15, 0.2) is 65.1 Å². The first-order valence-electron chi connectivity index (χ1n) is 16.0. The van der Waals surface area contributed by atoms with E-state index >= 15 is 0 Å². The molecule has 0 saturated heterocycles. The number of hydrazine groups is 1. The number of halogens is 2. The van der Waals surface area contributed by atoms with Crippen LogP contribution in [0, 0.1) is 31.8 Å². The normalized spacial score (nSPS) is 10.3. The van der Waals surface area contributed by atoms with Crippen molar-refractivity contribution < 1.29 is 28.6 Å². The zero-order valence-corrected chi connectivity index (χ0v) is 32.9. The lowest BCUT2D eigenvalue weighted by molar-refractivity contribution is 0.0696. The number of hydrogen-bond donors (Lipinski definition) is 4. The van der Waals surface area contributed by atoms with Gasteiger partial charge in [-0.15, -0.1) is 21.5 Å². The summed E-state index contributed by atoms with van der Waals surface area (Å²) < 4.78 is 18.3. The van der Waals surface area contributed by atoms with Gasteiger partial charge in [0.1, 0.15) is 33.6 Å². The van der Waals surface area contributed by atoms with Crippen LogP contribution in [0.25, 0.3) is 36.7 Å². The lowest BCUT2D eigenvalue weighted by atomic mass is 10.1. The smallest absolute Gasteiger partial charge is 0.335 e. The summed E-state index contributed by atoms with van der Waals surface area (Å²) >= 11 is 14.7. The number of nitriles is 1. The van der Waals surface area contributed by atoms with Gasteiger partial charge in [-0.2, -0.15) is 5.26 Å². The summed E-state index contributed by atoms with van der Waals surface area (Å²) in [5.74, 6) is 6.15. The first kappa shape index (κ1) is 40.8. The highest BCUT2D eigenvalue weighted by Gasteiger charge is 2.17. The molecule has 0 radical (unpaired) electrons. The van der Waals surface area contributed by atoms with E-state index in [1.807, 2.05) is 54.8 Å². The van der Waals surface area contributed by atoms with E-state index < -0.39 is 12.0 Å².